The number of carbonyl (C=O) groups excluding carboxylic acids is 3. The van der Waals surface area contributed by atoms with Crippen molar-refractivity contribution in [3.63, 3.8) is 0 Å². The molecule has 0 spiro atoms. The molecule has 5 nitrogen and oxygen atoms in total. The van der Waals surface area contributed by atoms with Gasteiger partial charge in [-0.15, -0.1) is 0 Å². The number of unbranched alkanes of at least 4 members (excludes halogenated alkanes) is 4. The van der Waals surface area contributed by atoms with Crippen molar-refractivity contribution in [1.29, 1.82) is 0 Å². The second-order valence-corrected chi connectivity index (χ2v) is 4.55. The molecule has 1 heterocycles. The Bertz CT molecular complexity index is 344. The monoisotopic (exact) mass is 267 g/mol. The first kappa shape index (κ1) is 15.4. The highest BCUT2D eigenvalue weighted by molar-refractivity contribution is 6.12. The third-order valence-electron chi connectivity index (χ3n) is 2.95. The molecular formula is C14H21NO4. The lowest BCUT2D eigenvalue weighted by atomic mass is 10.2. The van der Waals surface area contributed by atoms with E-state index in [0.29, 0.717) is 6.61 Å². The number of esters is 1. The average molecular weight is 267 g/mol. The Hall–Kier alpha value is -1.65. The molecule has 1 aliphatic heterocycles. The van der Waals surface area contributed by atoms with Gasteiger partial charge in [0.2, 0.25) is 0 Å². The number of hydrogen-bond donors (Lipinski definition) is 0. The van der Waals surface area contributed by atoms with Crippen LogP contribution in [0, 0.1) is 0 Å². The summed E-state index contributed by atoms with van der Waals surface area (Å²) in [5.74, 6) is -1.09. The summed E-state index contributed by atoms with van der Waals surface area (Å²) in [6.45, 7) is 2.66. The van der Waals surface area contributed by atoms with Crippen LogP contribution in [0.15, 0.2) is 12.2 Å². The minimum Gasteiger partial charge on any atom is -0.466 e. The van der Waals surface area contributed by atoms with Crippen LogP contribution >= 0.6 is 0 Å². The number of imide groups is 1. The Morgan fingerprint density at radius 1 is 1.11 bits per heavy atom. The SMILES string of the molecule is CCCCCCCOC(=O)CCN1C(=O)C=CC1=O. The van der Waals surface area contributed by atoms with Crippen LogP contribution in [0.1, 0.15) is 45.4 Å². The number of hydrogen-bond acceptors (Lipinski definition) is 4. The van der Waals surface area contributed by atoms with Gasteiger partial charge in [-0.25, -0.2) is 0 Å². The Morgan fingerprint density at radius 2 is 1.74 bits per heavy atom. The van der Waals surface area contributed by atoms with Crippen LogP contribution in [0.25, 0.3) is 0 Å². The van der Waals surface area contributed by atoms with Crippen molar-refractivity contribution in [1.82, 2.24) is 4.90 Å². The maximum atomic E-state index is 11.4. The highest BCUT2D eigenvalue weighted by atomic mass is 16.5. The second kappa shape index (κ2) is 8.45. The quantitative estimate of drug-likeness (QED) is 0.363. The Balaban J connectivity index is 2.05. The zero-order chi connectivity index (χ0) is 14.1. The molecule has 0 unspecified atom stereocenters. The van der Waals surface area contributed by atoms with Crippen molar-refractivity contribution in [2.45, 2.75) is 45.4 Å². The predicted molar refractivity (Wildman–Crippen MR) is 70.2 cm³/mol. The number of amides is 2. The summed E-state index contributed by atoms with van der Waals surface area (Å²) in [7, 11) is 0. The first-order chi connectivity index (χ1) is 9.15. The van der Waals surface area contributed by atoms with Gasteiger partial charge in [0, 0.05) is 18.7 Å². The van der Waals surface area contributed by atoms with Crippen LogP contribution in [0.3, 0.4) is 0 Å². The molecule has 19 heavy (non-hydrogen) atoms. The molecule has 0 atom stereocenters. The summed E-state index contributed by atoms with van der Waals surface area (Å²) >= 11 is 0. The smallest absolute Gasteiger partial charge is 0.307 e. The van der Waals surface area contributed by atoms with Crippen LogP contribution < -0.4 is 0 Å². The minimum absolute atomic E-state index is 0.0636. The third kappa shape index (κ3) is 5.68. The van der Waals surface area contributed by atoms with E-state index in [2.05, 4.69) is 6.92 Å². The summed E-state index contributed by atoms with van der Waals surface area (Å²) < 4.78 is 5.04. The number of carbonyl (C=O) groups is 3. The van der Waals surface area contributed by atoms with E-state index in [-0.39, 0.29) is 30.7 Å². The van der Waals surface area contributed by atoms with Crippen LogP contribution in [0.5, 0.6) is 0 Å². The van der Waals surface area contributed by atoms with Gasteiger partial charge >= 0.3 is 5.97 Å². The minimum atomic E-state index is -0.364. The van der Waals surface area contributed by atoms with E-state index in [1.807, 2.05) is 0 Å². The molecule has 106 valence electrons. The maximum Gasteiger partial charge on any atom is 0.307 e. The van der Waals surface area contributed by atoms with E-state index >= 15 is 0 Å². The number of rotatable bonds is 9. The zero-order valence-corrected chi connectivity index (χ0v) is 11.4. The molecular weight excluding hydrogens is 246 g/mol. The Kier molecular flexibility index (Phi) is 6.85. The van der Waals surface area contributed by atoms with Crippen molar-refractivity contribution in [3.8, 4) is 0 Å². The largest absolute Gasteiger partial charge is 0.466 e. The fourth-order valence-corrected chi connectivity index (χ4v) is 1.82. The standard InChI is InChI=1S/C14H21NO4/c1-2-3-4-5-6-11-19-14(18)9-10-15-12(16)7-8-13(15)17/h7-8H,2-6,9-11H2,1H3. The summed E-state index contributed by atoms with van der Waals surface area (Å²) in [6.07, 6.45) is 7.97. The van der Waals surface area contributed by atoms with Crippen LogP contribution in [-0.2, 0) is 19.1 Å². The topological polar surface area (TPSA) is 63.7 Å². The third-order valence-corrected chi connectivity index (χ3v) is 2.95. The van der Waals surface area contributed by atoms with E-state index < -0.39 is 0 Å². The normalized spacial score (nSPS) is 14.3. The molecule has 0 fully saturated rings. The molecule has 5 heteroatoms. The predicted octanol–water partition coefficient (Wildman–Crippen LogP) is 1.82. The fraction of sp³-hybridized carbons (Fsp3) is 0.643. The lowest BCUT2D eigenvalue weighted by Crippen LogP contribution is -2.32. The van der Waals surface area contributed by atoms with Gasteiger partial charge in [0.25, 0.3) is 11.8 Å². The van der Waals surface area contributed by atoms with Gasteiger partial charge in [-0.3, -0.25) is 19.3 Å². The molecule has 0 saturated heterocycles. The molecule has 1 aliphatic rings. The summed E-state index contributed by atoms with van der Waals surface area (Å²) in [5, 5.41) is 0. The van der Waals surface area contributed by atoms with Crippen molar-refractivity contribution in [2.75, 3.05) is 13.2 Å². The van der Waals surface area contributed by atoms with Crippen molar-refractivity contribution < 1.29 is 19.1 Å². The van der Waals surface area contributed by atoms with Gasteiger partial charge in [-0.05, 0) is 6.42 Å². The van der Waals surface area contributed by atoms with Gasteiger partial charge < -0.3 is 4.74 Å². The van der Waals surface area contributed by atoms with E-state index in [0.717, 1.165) is 24.2 Å². The molecule has 0 radical (unpaired) electrons. The maximum absolute atomic E-state index is 11.4. The van der Waals surface area contributed by atoms with Gasteiger partial charge in [-0.2, -0.15) is 0 Å². The molecule has 0 saturated carbocycles. The van der Waals surface area contributed by atoms with Gasteiger partial charge in [0.15, 0.2) is 0 Å². The van der Waals surface area contributed by atoms with Crippen LogP contribution in [0.2, 0.25) is 0 Å². The molecule has 0 aliphatic carbocycles. The van der Waals surface area contributed by atoms with E-state index in [1.54, 1.807) is 0 Å². The van der Waals surface area contributed by atoms with Crippen molar-refractivity contribution >= 4 is 17.8 Å². The second-order valence-electron chi connectivity index (χ2n) is 4.55. The zero-order valence-electron chi connectivity index (χ0n) is 11.4. The molecule has 0 bridgehead atoms. The molecule has 0 aromatic carbocycles. The molecule has 0 N–H and O–H groups in total. The number of ether oxygens (including phenoxy) is 1. The highest BCUT2D eigenvalue weighted by Crippen LogP contribution is 2.06. The summed E-state index contributed by atoms with van der Waals surface area (Å²) in [6, 6.07) is 0. The number of nitrogens with zero attached hydrogens (tertiary/aromatic N) is 1. The van der Waals surface area contributed by atoms with Gasteiger partial charge in [-0.1, -0.05) is 32.6 Å². The Labute approximate surface area is 113 Å². The van der Waals surface area contributed by atoms with E-state index in [4.69, 9.17) is 4.74 Å². The molecule has 2 amide bonds. The van der Waals surface area contributed by atoms with E-state index in [9.17, 15) is 14.4 Å². The molecule has 0 aromatic rings. The highest BCUT2D eigenvalue weighted by Gasteiger charge is 2.23. The summed E-state index contributed by atoms with van der Waals surface area (Å²) in [5.41, 5.74) is 0. The molecule has 0 aromatic heterocycles. The summed E-state index contributed by atoms with van der Waals surface area (Å²) in [4.78, 5) is 34.9. The fourth-order valence-electron chi connectivity index (χ4n) is 1.82. The van der Waals surface area contributed by atoms with Crippen LogP contribution in [-0.4, -0.2) is 35.8 Å². The first-order valence-electron chi connectivity index (χ1n) is 6.84. The van der Waals surface area contributed by atoms with Gasteiger partial charge in [0.1, 0.15) is 0 Å². The average Bonchev–Trinajstić information content (AvgIpc) is 2.71. The molecule has 1 rings (SSSR count). The van der Waals surface area contributed by atoms with Gasteiger partial charge in [0.05, 0.1) is 13.0 Å². The first-order valence-corrected chi connectivity index (χ1v) is 6.84. The van der Waals surface area contributed by atoms with Crippen molar-refractivity contribution in [2.24, 2.45) is 0 Å². The van der Waals surface area contributed by atoms with Crippen LogP contribution in [0.4, 0.5) is 0 Å². The Morgan fingerprint density at radius 3 is 2.37 bits per heavy atom. The lowest BCUT2D eigenvalue weighted by molar-refractivity contribution is -0.145. The van der Waals surface area contributed by atoms with Crippen molar-refractivity contribution in [3.05, 3.63) is 12.2 Å². The lowest BCUT2D eigenvalue weighted by Gasteiger charge is -2.12. The van der Waals surface area contributed by atoms with E-state index in [1.165, 1.54) is 25.0 Å².